The maximum atomic E-state index is 11.2. The Morgan fingerprint density at radius 3 is 2.67 bits per heavy atom. The Bertz CT molecular complexity index is 290. The van der Waals surface area contributed by atoms with Crippen LogP contribution in [0.3, 0.4) is 0 Å². The molecule has 0 saturated carbocycles. The number of hydrogen-bond acceptors (Lipinski definition) is 4. The van der Waals surface area contributed by atoms with E-state index in [2.05, 4.69) is 0 Å². The van der Waals surface area contributed by atoms with E-state index in [4.69, 9.17) is 17.3 Å². The fourth-order valence-electron chi connectivity index (χ4n) is 0.643. The number of hydrogen-bond donors (Lipinski definition) is 1. The van der Waals surface area contributed by atoms with Gasteiger partial charge in [-0.25, -0.2) is 0 Å². The first kappa shape index (κ1) is 10.0. The van der Waals surface area contributed by atoms with E-state index in [1.54, 1.807) is 0 Å². The Morgan fingerprint density at radius 2 is 2.33 bits per heavy atom. The second kappa shape index (κ2) is 3.77. The van der Waals surface area contributed by atoms with Gasteiger partial charge in [0.25, 0.3) is 0 Å². The fraction of sp³-hybridized carbons (Fsp3) is 0.200. The number of amides is 1. The van der Waals surface area contributed by atoms with Gasteiger partial charge in [0, 0.05) is 0 Å². The van der Waals surface area contributed by atoms with Crippen molar-refractivity contribution in [2.45, 2.75) is 0 Å². The Kier molecular flexibility index (Phi) is 3.14. The van der Waals surface area contributed by atoms with Crippen molar-refractivity contribution in [1.29, 1.82) is 0 Å². The second-order valence-electron chi connectivity index (χ2n) is 1.94. The van der Waals surface area contributed by atoms with Gasteiger partial charge in [-0.2, -0.15) is 0 Å². The van der Waals surface area contributed by atoms with Crippen molar-refractivity contribution in [3.05, 3.63) is 0 Å². The summed E-state index contributed by atoms with van der Waals surface area (Å²) in [7, 11) is 0. The quantitative estimate of drug-likeness (QED) is 0.669. The summed E-state index contributed by atoms with van der Waals surface area (Å²) in [4.78, 5) is 22.6. The van der Waals surface area contributed by atoms with E-state index in [0.29, 0.717) is 7.55 Å². The molecule has 1 fully saturated rings. The van der Waals surface area contributed by atoms with Crippen LogP contribution >= 0.6 is 24.0 Å². The number of carbonyl (C=O) groups excluding carboxylic acids is 1. The molecule has 1 saturated heterocycles. The van der Waals surface area contributed by atoms with Crippen LogP contribution in [-0.4, -0.2) is 36.0 Å². The number of thiocarbonyl (C=S) groups is 1. The van der Waals surface area contributed by atoms with Crippen LogP contribution in [0.1, 0.15) is 0 Å². The molecule has 0 aromatic carbocycles. The molecule has 0 spiro atoms. The molecule has 12 heavy (non-hydrogen) atoms. The molecule has 0 unspecified atom stereocenters. The normalized spacial score (nSPS) is 17.3. The van der Waals surface area contributed by atoms with E-state index in [1.807, 2.05) is 0 Å². The van der Waals surface area contributed by atoms with E-state index in [-0.39, 0.29) is 12.5 Å². The average molecular weight is 373 g/mol. The molecule has 0 bridgehead atoms. The third-order valence-electron chi connectivity index (χ3n) is 1.11. The average Bonchev–Trinajstić information content (AvgIpc) is 2.16. The summed E-state index contributed by atoms with van der Waals surface area (Å²) in [5.41, 5.74) is 0. The standard InChI is InChI=1S/C5H3NO3S2.W/c7-3-2-11-5(10)6(3)1-4(8)9;/h1H2,(H,8,9);. The minimum atomic E-state index is -1.05. The van der Waals surface area contributed by atoms with Gasteiger partial charge in [-0.15, -0.1) is 0 Å². The van der Waals surface area contributed by atoms with Gasteiger partial charge < -0.3 is 0 Å². The van der Waals surface area contributed by atoms with Crippen molar-refractivity contribution < 1.29 is 34.0 Å². The van der Waals surface area contributed by atoms with Crippen LogP contribution < -0.4 is 0 Å². The van der Waals surface area contributed by atoms with Crippen LogP contribution in [0.2, 0.25) is 0 Å². The van der Waals surface area contributed by atoms with E-state index in [9.17, 15) is 9.59 Å². The summed E-state index contributed by atoms with van der Waals surface area (Å²) in [5, 5.41) is 8.43. The molecule has 0 aliphatic carbocycles. The van der Waals surface area contributed by atoms with Gasteiger partial charge in [0.1, 0.15) is 0 Å². The number of carbonyl (C=O) groups is 2. The molecule has 1 aliphatic rings. The molecule has 0 aromatic rings. The molecule has 7 heteroatoms. The molecule has 4 nitrogen and oxygen atoms in total. The number of carboxylic acids is 1. The molecule has 1 heterocycles. The van der Waals surface area contributed by atoms with E-state index >= 15 is 0 Å². The van der Waals surface area contributed by atoms with Crippen LogP contribution in [-0.2, 0) is 28.9 Å². The topological polar surface area (TPSA) is 57.6 Å². The molecule has 0 aromatic heterocycles. The van der Waals surface area contributed by atoms with Crippen molar-refractivity contribution in [3.8, 4) is 0 Å². The van der Waals surface area contributed by atoms with Gasteiger partial charge in [-0.3, -0.25) is 0 Å². The molecular weight excluding hydrogens is 370 g/mol. The van der Waals surface area contributed by atoms with E-state index in [0.717, 1.165) is 24.3 Å². The SMILES string of the molecule is O=C(O)CN1C(=O)[C](=[W])SC1=S. The van der Waals surface area contributed by atoms with Crippen molar-refractivity contribution in [2.24, 2.45) is 0 Å². The van der Waals surface area contributed by atoms with Crippen LogP contribution in [0.15, 0.2) is 0 Å². The second-order valence-corrected chi connectivity index (χ2v) is 6.08. The molecular formula is C5H3NO3S2W. The zero-order chi connectivity index (χ0) is 9.30. The summed E-state index contributed by atoms with van der Waals surface area (Å²) in [6.07, 6.45) is 0. The van der Waals surface area contributed by atoms with E-state index in [1.165, 1.54) is 11.8 Å². The molecule has 0 radical (unpaired) electrons. The summed E-state index contributed by atoms with van der Waals surface area (Å²) in [5.74, 6) is -1.31. The maximum absolute atomic E-state index is 11.2. The number of aliphatic carboxylic acids is 1. The van der Waals surface area contributed by atoms with Crippen LogP contribution in [0, 0.1) is 0 Å². The molecule has 1 aliphatic heterocycles. The van der Waals surface area contributed by atoms with Crippen molar-refractivity contribution in [3.63, 3.8) is 0 Å². The Morgan fingerprint density at radius 1 is 1.75 bits per heavy atom. The zero-order valence-electron chi connectivity index (χ0n) is 5.64. The first-order valence-electron chi connectivity index (χ1n) is 2.82. The van der Waals surface area contributed by atoms with Crippen LogP contribution in [0.4, 0.5) is 0 Å². The first-order valence-corrected chi connectivity index (χ1v) is 5.51. The number of carboxylic acid groups (broad SMARTS) is 1. The van der Waals surface area contributed by atoms with Crippen molar-refractivity contribution in [2.75, 3.05) is 6.54 Å². The van der Waals surface area contributed by atoms with Crippen LogP contribution in [0.25, 0.3) is 0 Å². The molecule has 1 amide bonds. The van der Waals surface area contributed by atoms with Gasteiger partial charge >= 0.3 is 88.9 Å². The molecule has 1 rings (SSSR count). The third-order valence-corrected chi connectivity index (χ3v) is 3.86. The Labute approximate surface area is 88.7 Å². The van der Waals surface area contributed by atoms with Gasteiger partial charge in [0.2, 0.25) is 0 Å². The monoisotopic (exact) mass is 373 g/mol. The molecule has 64 valence electrons. The van der Waals surface area contributed by atoms with Gasteiger partial charge in [-0.1, -0.05) is 0 Å². The van der Waals surface area contributed by atoms with Gasteiger partial charge in [-0.05, 0) is 0 Å². The van der Waals surface area contributed by atoms with E-state index < -0.39 is 5.97 Å². The van der Waals surface area contributed by atoms with Crippen LogP contribution in [0.5, 0.6) is 0 Å². The fourth-order valence-corrected chi connectivity index (χ4v) is 3.53. The summed E-state index contributed by atoms with van der Waals surface area (Å²) in [6.45, 7) is -0.332. The first-order chi connectivity index (χ1) is 5.52. The predicted octanol–water partition coefficient (Wildman–Crippen LogP) is -0.392. The predicted molar refractivity (Wildman–Crippen MR) is 44.5 cm³/mol. The number of nitrogens with zero attached hydrogens (tertiary/aromatic N) is 1. The van der Waals surface area contributed by atoms with Gasteiger partial charge in [0.15, 0.2) is 0 Å². The number of rotatable bonds is 2. The molecule has 0 atom stereocenters. The zero-order valence-corrected chi connectivity index (χ0v) is 10.2. The van der Waals surface area contributed by atoms with Gasteiger partial charge in [0.05, 0.1) is 0 Å². The Balaban J connectivity index is 2.77. The van der Waals surface area contributed by atoms with Crippen molar-refractivity contribution in [1.82, 2.24) is 4.90 Å². The molecule has 1 N–H and O–H groups in total. The third kappa shape index (κ3) is 2.00. The summed E-state index contributed by atoms with van der Waals surface area (Å²) in [6, 6.07) is 0. The summed E-state index contributed by atoms with van der Waals surface area (Å²) < 4.78 is 0.952. The Hall–Kier alpha value is -0.0617. The summed E-state index contributed by atoms with van der Waals surface area (Å²) >= 11 is 7.01. The number of thioether (sulfide) groups is 1. The van der Waals surface area contributed by atoms with Crippen molar-refractivity contribution >= 4 is 43.4 Å². The minimum absolute atomic E-state index is 0.262.